The number of hydrogen-bond acceptors (Lipinski definition) is 3. The van der Waals surface area contributed by atoms with Gasteiger partial charge in [-0.3, -0.25) is 4.90 Å². The molecule has 0 radical (unpaired) electrons. The van der Waals surface area contributed by atoms with Gasteiger partial charge in [0.25, 0.3) is 0 Å². The lowest BCUT2D eigenvalue weighted by molar-refractivity contribution is 0.143. The molecular weight excluding hydrogens is 298 g/mol. The van der Waals surface area contributed by atoms with E-state index in [4.69, 9.17) is 9.47 Å². The molecule has 0 bridgehead atoms. The van der Waals surface area contributed by atoms with Crippen molar-refractivity contribution in [2.24, 2.45) is 0 Å². The van der Waals surface area contributed by atoms with Crippen molar-refractivity contribution in [2.75, 3.05) is 13.2 Å². The van der Waals surface area contributed by atoms with Crippen LogP contribution in [0.25, 0.3) is 0 Å². The number of carbonyl (C=O) groups excluding carboxylic acids is 1. The third kappa shape index (κ3) is 2.96. The van der Waals surface area contributed by atoms with Crippen LogP contribution < -0.4 is 4.74 Å². The van der Waals surface area contributed by atoms with Crippen LogP contribution in [0.4, 0.5) is 4.79 Å². The zero-order valence-corrected chi connectivity index (χ0v) is 12.0. The van der Waals surface area contributed by atoms with Crippen LogP contribution in [0.3, 0.4) is 0 Å². The number of rotatable bonds is 4. The van der Waals surface area contributed by atoms with Gasteiger partial charge in [-0.2, -0.15) is 0 Å². The van der Waals surface area contributed by atoms with Crippen LogP contribution in [0.1, 0.15) is 13.8 Å². The van der Waals surface area contributed by atoms with E-state index in [0.717, 1.165) is 10.2 Å². The number of cyclic esters (lactones) is 1. The minimum absolute atomic E-state index is 0.0128. The average Bonchev–Trinajstić information content (AvgIpc) is 2.70. The Bertz CT molecular complexity index is 419. The van der Waals surface area contributed by atoms with Gasteiger partial charge < -0.3 is 9.47 Å². The van der Waals surface area contributed by atoms with Crippen LogP contribution in [-0.4, -0.2) is 36.3 Å². The molecule has 1 atom stereocenters. The minimum Gasteiger partial charge on any atom is -0.491 e. The van der Waals surface area contributed by atoms with Crippen molar-refractivity contribution in [2.45, 2.75) is 25.9 Å². The van der Waals surface area contributed by atoms with E-state index in [1.807, 2.05) is 38.1 Å². The molecule has 1 amide bonds. The molecule has 0 saturated carbocycles. The molecule has 0 aromatic heterocycles. The van der Waals surface area contributed by atoms with Crippen molar-refractivity contribution in [1.82, 2.24) is 4.90 Å². The highest BCUT2D eigenvalue weighted by Crippen LogP contribution is 2.19. The fourth-order valence-corrected chi connectivity index (χ4v) is 2.22. The summed E-state index contributed by atoms with van der Waals surface area (Å²) < 4.78 is 11.7. The molecule has 1 aromatic rings. The Morgan fingerprint density at radius 3 is 2.72 bits per heavy atom. The molecule has 18 heavy (non-hydrogen) atoms. The van der Waals surface area contributed by atoms with Crippen molar-refractivity contribution in [3.63, 3.8) is 0 Å². The maximum atomic E-state index is 11.5. The van der Waals surface area contributed by atoms with E-state index < -0.39 is 0 Å². The second kappa shape index (κ2) is 5.61. The van der Waals surface area contributed by atoms with E-state index in [0.29, 0.717) is 13.2 Å². The van der Waals surface area contributed by atoms with Gasteiger partial charge >= 0.3 is 6.09 Å². The molecule has 2 rings (SSSR count). The summed E-state index contributed by atoms with van der Waals surface area (Å²) in [5.74, 6) is 0.793. The molecule has 1 unspecified atom stereocenters. The molecule has 1 fully saturated rings. The normalized spacial score (nSPS) is 19.2. The zero-order chi connectivity index (χ0) is 13.1. The summed E-state index contributed by atoms with van der Waals surface area (Å²) >= 11 is 3.37. The fraction of sp³-hybridized carbons (Fsp3) is 0.462. The van der Waals surface area contributed by atoms with E-state index in [1.54, 1.807) is 4.90 Å². The first-order chi connectivity index (χ1) is 8.58. The van der Waals surface area contributed by atoms with Gasteiger partial charge in [-0.15, -0.1) is 0 Å². The summed E-state index contributed by atoms with van der Waals surface area (Å²) in [5, 5.41) is 0. The molecule has 1 aliphatic heterocycles. The van der Waals surface area contributed by atoms with E-state index in [2.05, 4.69) is 15.9 Å². The van der Waals surface area contributed by atoms with Gasteiger partial charge in [0.15, 0.2) is 0 Å². The Morgan fingerprint density at radius 1 is 1.44 bits per heavy atom. The predicted octanol–water partition coefficient (Wildman–Crippen LogP) is 3.06. The highest BCUT2D eigenvalue weighted by atomic mass is 79.9. The molecule has 1 heterocycles. The van der Waals surface area contributed by atoms with Crippen molar-refractivity contribution in [1.29, 1.82) is 0 Å². The van der Waals surface area contributed by atoms with Gasteiger partial charge in [0, 0.05) is 10.5 Å². The summed E-state index contributed by atoms with van der Waals surface area (Å²) in [6.45, 7) is 4.79. The lowest BCUT2D eigenvalue weighted by atomic mass is 10.2. The Balaban J connectivity index is 1.93. The molecule has 4 nitrogen and oxygen atoms in total. The van der Waals surface area contributed by atoms with Gasteiger partial charge in [-0.1, -0.05) is 15.9 Å². The van der Waals surface area contributed by atoms with E-state index in [-0.39, 0.29) is 18.2 Å². The summed E-state index contributed by atoms with van der Waals surface area (Å²) in [6.07, 6.45) is -0.255. The Kier molecular flexibility index (Phi) is 4.11. The predicted molar refractivity (Wildman–Crippen MR) is 71.7 cm³/mol. The summed E-state index contributed by atoms with van der Waals surface area (Å²) in [7, 11) is 0. The average molecular weight is 314 g/mol. The van der Waals surface area contributed by atoms with Gasteiger partial charge in [0.2, 0.25) is 0 Å². The molecule has 5 heteroatoms. The maximum Gasteiger partial charge on any atom is 0.410 e. The van der Waals surface area contributed by atoms with Gasteiger partial charge in [0.05, 0.1) is 0 Å². The third-order valence-corrected chi connectivity index (χ3v) is 3.34. The first-order valence-electron chi connectivity index (χ1n) is 5.91. The standard InChI is InChI=1S/C13H16BrNO3/c1-9(2)15-11(8-18-13(15)16)7-17-12-5-3-10(14)4-6-12/h3-6,9,11H,7-8H2,1-2H3. The Morgan fingerprint density at radius 2 is 2.11 bits per heavy atom. The first-order valence-corrected chi connectivity index (χ1v) is 6.70. The van der Waals surface area contributed by atoms with Crippen LogP contribution >= 0.6 is 15.9 Å². The maximum absolute atomic E-state index is 11.5. The van der Waals surface area contributed by atoms with Crippen molar-refractivity contribution >= 4 is 22.0 Å². The molecule has 98 valence electrons. The van der Waals surface area contributed by atoms with Gasteiger partial charge in [0.1, 0.15) is 25.0 Å². The van der Waals surface area contributed by atoms with Gasteiger partial charge in [-0.25, -0.2) is 4.79 Å². The molecule has 1 aliphatic rings. The topological polar surface area (TPSA) is 38.8 Å². The van der Waals surface area contributed by atoms with Crippen LogP contribution in [0, 0.1) is 0 Å². The zero-order valence-electron chi connectivity index (χ0n) is 10.4. The van der Waals surface area contributed by atoms with Crippen LogP contribution in [0.2, 0.25) is 0 Å². The number of carbonyl (C=O) groups is 1. The molecule has 1 saturated heterocycles. The monoisotopic (exact) mass is 313 g/mol. The lowest BCUT2D eigenvalue weighted by Gasteiger charge is -2.25. The summed E-state index contributed by atoms with van der Waals surface area (Å²) in [4.78, 5) is 13.2. The quantitative estimate of drug-likeness (QED) is 0.857. The third-order valence-electron chi connectivity index (χ3n) is 2.82. The smallest absolute Gasteiger partial charge is 0.410 e. The number of amides is 1. The molecule has 0 spiro atoms. The Hall–Kier alpha value is -1.23. The van der Waals surface area contributed by atoms with E-state index >= 15 is 0 Å². The molecule has 0 aliphatic carbocycles. The summed E-state index contributed by atoms with van der Waals surface area (Å²) in [5.41, 5.74) is 0. The SMILES string of the molecule is CC(C)N1C(=O)OCC1COc1ccc(Br)cc1. The van der Waals surface area contributed by atoms with Crippen molar-refractivity contribution < 1.29 is 14.3 Å². The first kappa shape index (κ1) is 13.2. The van der Waals surface area contributed by atoms with Crippen LogP contribution in [0.15, 0.2) is 28.7 Å². The number of nitrogens with zero attached hydrogens (tertiary/aromatic N) is 1. The number of benzene rings is 1. The summed E-state index contributed by atoms with van der Waals surface area (Å²) in [6, 6.07) is 7.74. The van der Waals surface area contributed by atoms with E-state index in [9.17, 15) is 4.79 Å². The van der Waals surface area contributed by atoms with Crippen LogP contribution in [0.5, 0.6) is 5.75 Å². The molecule has 1 aromatic carbocycles. The van der Waals surface area contributed by atoms with E-state index in [1.165, 1.54) is 0 Å². The fourth-order valence-electron chi connectivity index (χ4n) is 1.96. The molecular formula is C13H16BrNO3. The minimum atomic E-state index is -0.255. The van der Waals surface area contributed by atoms with Crippen LogP contribution in [-0.2, 0) is 4.74 Å². The highest BCUT2D eigenvalue weighted by molar-refractivity contribution is 9.10. The number of halogens is 1. The number of hydrogen-bond donors (Lipinski definition) is 0. The number of ether oxygens (including phenoxy) is 2. The van der Waals surface area contributed by atoms with Crippen molar-refractivity contribution in [3.05, 3.63) is 28.7 Å². The largest absolute Gasteiger partial charge is 0.491 e. The lowest BCUT2D eigenvalue weighted by Crippen LogP contribution is -2.42. The van der Waals surface area contributed by atoms with Gasteiger partial charge in [-0.05, 0) is 38.1 Å². The van der Waals surface area contributed by atoms with Crippen molar-refractivity contribution in [3.8, 4) is 5.75 Å². The highest BCUT2D eigenvalue weighted by Gasteiger charge is 2.35. The Labute approximate surface area is 115 Å². The second-order valence-corrected chi connectivity index (χ2v) is 5.41. The second-order valence-electron chi connectivity index (χ2n) is 4.50. The molecule has 0 N–H and O–H groups in total.